The summed E-state index contributed by atoms with van der Waals surface area (Å²) in [6.07, 6.45) is 4.33. The van der Waals surface area contributed by atoms with Crippen LogP contribution in [0.4, 0.5) is 0 Å². The van der Waals surface area contributed by atoms with Crippen molar-refractivity contribution >= 4 is 64.1 Å². The van der Waals surface area contributed by atoms with E-state index in [0.29, 0.717) is 5.75 Å². The molecular weight excluding hydrogens is 574 g/mol. The second kappa shape index (κ2) is 17.9. The quantitative estimate of drug-likeness (QED) is 0.119. The summed E-state index contributed by atoms with van der Waals surface area (Å²) in [4.78, 5) is 62.4. The summed E-state index contributed by atoms with van der Waals surface area (Å²) >= 11 is 3.94. The van der Waals surface area contributed by atoms with Gasteiger partial charge in [-0.3, -0.25) is 24.0 Å². The second-order valence-corrected chi connectivity index (χ2v) is 9.76. The molecule has 12 nitrogen and oxygen atoms in total. The number of hydrogen-bond acceptors (Lipinski definition) is 6. The SMILES string of the molecule is CCC(=O)O.Cc1c[nH]c2ccccc12.O=C(O)CNC(=O)C(Cc1c[nH]c2ccccc12)NC(=O)CNC(=O)CCS. The number of carboxylic acids is 2. The fourth-order valence-corrected chi connectivity index (χ4v) is 4.05. The lowest BCUT2D eigenvalue weighted by Crippen LogP contribution is -2.51. The first kappa shape index (κ1) is 34.4. The van der Waals surface area contributed by atoms with E-state index in [1.165, 1.54) is 16.5 Å². The lowest BCUT2D eigenvalue weighted by molar-refractivity contribution is -0.138. The Morgan fingerprint density at radius 1 is 0.814 bits per heavy atom. The van der Waals surface area contributed by atoms with Gasteiger partial charge >= 0.3 is 11.9 Å². The highest BCUT2D eigenvalue weighted by atomic mass is 32.1. The second-order valence-electron chi connectivity index (χ2n) is 9.31. The lowest BCUT2D eigenvalue weighted by Gasteiger charge is -2.18. The number of aromatic amines is 2. The van der Waals surface area contributed by atoms with Crippen molar-refractivity contribution in [2.45, 2.75) is 39.2 Å². The summed E-state index contributed by atoms with van der Waals surface area (Å²) in [7, 11) is 0. The molecule has 0 saturated carbocycles. The number of rotatable bonds is 11. The van der Waals surface area contributed by atoms with Crippen molar-refractivity contribution in [3.63, 3.8) is 0 Å². The molecule has 13 heteroatoms. The zero-order chi connectivity index (χ0) is 31.8. The number of hydrogen-bond donors (Lipinski definition) is 8. The van der Waals surface area contributed by atoms with Gasteiger partial charge in [-0.25, -0.2) is 0 Å². The molecular formula is C30H37N5O7S. The van der Waals surface area contributed by atoms with Crippen LogP contribution in [-0.2, 0) is 30.4 Å². The molecule has 0 radical (unpaired) electrons. The number of amides is 3. The third-order valence-electron chi connectivity index (χ3n) is 6.05. The maximum atomic E-state index is 12.4. The number of carbonyl (C=O) groups is 5. The number of aliphatic carboxylic acids is 2. The Labute approximate surface area is 254 Å². The number of carbonyl (C=O) groups excluding carboxylic acids is 3. The zero-order valence-electron chi connectivity index (χ0n) is 24.0. The van der Waals surface area contributed by atoms with E-state index in [1.807, 2.05) is 36.5 Å². The van der Waals surface area contributed by atoms with Crippen LogP contribution in [0.1, 0.15) is 30.9 Å². The molecule has 0 fully saturated rings. The van der Waals surface area contributed by atoms with E-state index in [0.717, 1.165) is 16.5 Å². The van der Waals surface area contributed by atoms with E-state index in [4.69, 9.17) is 10.2 Å². The zero-order valence-corrected chi connectivity index (χ0v) is 24.9. The number of carboxylic acid groups (broad SMARTS) is 2. The largest absolute Gasteiger partial charge is 0.481 e. The predicted octanol–water partition coefficient (Wildman–Crippen LogP) is 2.79. The number of thiol groups is 1. The first-order chi connectivity index (χ1) is 20.5. The van der Waals surface area contributed by atoms with Crippen LogP contribution < -0.4 is 16.0 Å². The summed E-state index contributed by atoms with van der Waals surface area (Å²) < 4.78 is 0. The van der Waals surface area contributed by atoms with Crippen LogP contribution >= 0.6 is 12.6 Å². The van der Waals surface area contributed by atoms with Gasteiger partial charge < -0.3 is 36.1 Å². The summed E-state index contributed by atoms with van der Waals surface area (Å²) in [5, 5.41) is 26.0. The van der Waals surface area contributed by atoms with Crippen molar-refractivity contribution in [2.24, 2.45) is 0 Å². The van der Waals surface area contributed by atoms with Gasteiger partial charge in [0.2, 0.25) is 17.7 Å². The van der Waals surface area contributed by atoms with Crippen molar-refractivity contribution in [3.8, 4) is 0 Å². The summed E-state index contributed by atoms with van der Waals surface area (Å²) in [5.41, 5.74) is 4.22. The van der Waals surface area contributed by atoms with Crippen LogP contribution in [0.25, 0.3) is 21.8 Å². The number of H-pyrrole nitrogens is 2. The van der Waals surface area contributed by atoms with Gasteiger partial charge in [0.1, 0.15) is 12.6 Å². The smallest absolute Gasteiger partial charge is 0.322 e. The molecule has 2 heterocycles. The molecule has 0 aliphatic carbocycles. The molecule has 4 rings (SSSR count). The van der Waals surface area contributed by atoms with Crippen molar-refractivity contribution in [2.75, 3.05) is 18.8 Å². The van der Waals surface area contributed by atoms with Gasteiger partial charge in [0.05, 0.1) is 6.54 Å². The average Bonchev–Trinajstić information content (AvgIpc) is 3.58. The minimum Gasteiger partial charge on any atom is -0.481 e. The van der Waals surface area contributed by atoms with E-state index in [-0.39, 0.29) is 31.7 Å². The monoisotopic (exact) mass is 611 g/mol. The summed E-state index contributed by atoms with van der Waals surface area (Å²) in [6.45, 7) is 2.86. The molecule has 3 amide bonds. The first-order valence-corrected chi connectivity index (χ1v) is 14.1. The Bertz CT molecular complexity index is 1530. The van der Waals surface area contributed by atoms with Crippen molar-refractivity contribution in [1.82, 2.24) is 25.9 Å². The van der Waals surface area contributed by atoms with Crippen molar-refractivity contribution in [3.05, 3.63) is 72.1 Å². The van der Waals surface area contributed by atoms with Gasteiger partial charge in [-0.05, 0) is 35.9 Å². The molecule has 0 spiro atoms. The fourth-order valence-electron chi connectivity index (χ4n) is 3.85. The van der Waals surface area contributed by atoms with E-state index < -0.39 is 36.3 Å². The molecule has 0 saturated heterocycles. The molecule has 0 bridgehead atoms. The molecule has 0 aliphatic heterocycles. The molecule has 7 N–H and O–H groups in total. The molecule has 4 aromatic rings. The molecule has 2 aromatic heterocycles. The Kier molecular flexibility index (Phi) is 14.3. The van der Waals surface area contributed by atoms with Gasteiger partial charge in [0.15, 0.2) is 0 Å². The Morgan fingerprint density at radius 3 is 1.98 bits per heavy atom. The minimum absolute atomic E-state index is 0.159. The third kappa shape index (κ3) is 11.9. The average molecular weight is 612 g/mol. The highest BCUT2D eigenvalue weighted by molar-refractivity contribution is 7.80. The van der Waals surface area contributed by atoms with Crippen molar-refractivity contribution < 1.29 is 34.2 Å². The Hall–Kier alpha value is -4.78. The van der Waals surface area contributed by atoms with Gasteiger partial charge in [0, 0.05) is 53.5 Å². The van der Waals surface area contributed by atoms with E-state index in [9.17, 15) is 24.0 Å². The van der Waals surface area contributed by atoms with Gasteiger partial charge in [-0.15, -0.1) is 0 Å². The van der Waals surface area contributed by atoms with Gasteiger partial charge in [0.25, 0.3) is 0 Å². The number of nitrogens with one attached hydrogen (secondary N) is 5. The molecule has 1 atom stereocenters. The molecule has 1 unspecified atom stereocenters. The molecule has 43 heavy (non-hydrogen) atoms. The minimum atomic E-state index is -1.19. The number of fused-ring (bicyclic) bond motifs is 2. The Balaban J connectivity index is 0.000000348. The van der Waals surface area contributed by atoms with Crippen LogP contribution in [-0.4, -0.2) is 74.7 Å². The van der Waals surface area contributed by atoms with Gasteiger partial charge in [-0.1, -0.05) is 43.3 Å². The molecule has 230 valence electrons. The normalized spacial score (nSPS) is 10.9. The predicted molar refractivity (Wildman–Crippen MR) is 167 cm³/mol. The summed E-state index contributed by atoms with van der Waals surface area (Å²) in [5.74, 6) is -3.08. The highest BCUT2D eigenvalue weighted by Crippen LogP contribution is 2.19. The maximum absolute atomic E-state index is 12.4. The number of benzene rings is 2. The third-order valence-corrected chi connectivity index (χ3v) is 6.27. The van der Waals surface area contributed by atoms with Crippen LogP contribution in [0.15, 0.2) is 60.9 Å². The van der Waals surface area contributed by atoms with E-state index in [1.54, 1.807) is 13.1 Å². The first-order valence-electron chi connectivity index (χ1n) is 13.5. The van der Waals surface area contributed by atoms with Crippen LogP contribution in [0.3, 0.4) is 0 Å². The number of para-hydroxylation sites is 2. The fraction of sp³-hybridized carbons (Fsp3) is 0.300. The van der Waals surface area contributed by atoms with Crippen LogP contribution in [0, 0.1) is 6.92 Å². The number of aryl methyl sites for hydroxylation is 1. The molecule has 2 aromatic carbocycles. The standard InChI is InChI=1S/C18H22N4O5S.C9H9N.C3H6O2/c23-15(5-6-28)20-9-16(24)22-14(18(27)21-10-17(25)26)7-11-8-19-13-4-2-1-3-12(11)13;1-7-6-10-9-5-3-2-4-8(7)9;1-2-3(4)5/h1-4,8,14,19,28H,5-7,9-10H2,(H,20,23)(H,21,27)(H,22,24)(H,25,26);2-6,10H,1H3;2H2,1H3,(H,4,5). The number of aromatic nitrogens is 2. The van der Waals surface area contributed by atoms with E-state index >= 15 is 0 Å². The topological polar surface area (TPSA) is 193 Å². The van der Waals surface area contributed by atoms with Gasteiger partial charge in [-0.2, -0.15) is 12.6 Å². The highest BCUT2D eigenvalue weighted by Gasteiger charge is 2.23. The van der Waals surface area contributed by atoms with Crippen LogP contribution in [0.5, 0.6) is 0 Å². The van der Waals surface area contributed by atoms with Crippen LogP contribution in [0.2, 0.25) is 0 Å². The Morgan fingerprint density at radius 2 is 1.40 bits per heavy atom. The maximum Gasteiger partial charge on any atom is 0.322 e. The van der Waals surface area contributed by atoms with E-state index in [2.05, 4.69) is 63.7 Å². The molecule has 0 aliphatic rings. The lowest BCUT2D eigenvalue weighted by atomic mass is 10.0. The summed E-state index contributed by atoms with van der Waals surface area (Å²) in [6, 6.07) is 14.8. The van der Waals surface area contributed by atoms with Crippen molar-refractivity contribution in [1.29, 1.82) is 0 Å².